The number of halogens is 2. The number of aryl methyl sites for hydroxylation is 1. The van der Waals surface area contributed by atoms with E-state index < -0.39 is 5.82 Å². The summed E-state index contributed by atoms with van der Waals surface area (Å²) in [6.45, 7) is -0.0459. The first-order valence-corrected chi connectivity index (χ1v) is 8.80. The molecule has 2 aliphatic heterocycles. The van der Waals surface area contributed by atoms with Gasteiger partial charge in [0.2, 0.25) is 0 Å². The minimum atomic E-state index is -0.495. The van der Waals surface area contributed by atoms with E-state index in [2.05, 4.69) is 20.4 Å². The van der Waals surface area contributed by atoms with E-state index >= 15 is 0 Å². The maximum atomic E-state index is 14.2. The standard InChI is InChI=1S/C20H15F2N5O/c1-27-20(24-9-25-27)17-18(10-2-4-11(21)5-3-10)26-14-7-12(22)6-13-15(28)8-23-19(17)16(13)14/h2-7,9,17-18,26H,8H2,1H3. The number of carbonyl (C=O) groups is 1. The Bertz CT molecular complexity index is 1140. The third-order valence-electron chi connectivity index (χ3n) is 5.25. The highest BCUT2D eigenvalue weighted by Gasteiger charge is 2.42. The molecule has 0 fully saturated rings. The second-order valence-corrected chi connectivity index (χ2v) is 6.89. The fourth-order valence-corrected chi connectivity index (χ4v) is 4.00. The summed E-state index contributed by atoms with van der Waals surface area (Å²) >= 11 is 0. The summed E-state index contributed by atoms with van der Waals surface area (Å²) in [6, 6.07) is 8.34. The molecule has 0 aliphatic carbocycles. The highest BCUT2D eigenvalue weighted by Crippen LogP contribution is 2.44. The van der Waals surface area contributed by atoms with Crippen LogP contribution >= 0.6 is 0 Å². The lowest BCUT2D eigenvalue weighted by Gasteiger charge is -2.37. The van der Waals surface area contributed by atoms with E-state index in [4.69, 9.17) is 0 Å². The first kappa shape index (κ1) is 16.7. The topological polar surface area (TPSA) is 72.2 Å². The third kappa shape index (κ3) is 2.45. The number of aromatic nitrogens is 3. The highest BCUT2D eigenvalue weighted by atomic mass is 19.1. The van der Waals surface area contributed by atoms with Gasteiger partial charge in [0.25, 0.3) is 0 Å². The zero-order valence-electron chi connectivity index (χ0n) is 14.9. The number of benzene rings is 2. The zero-order chi connectivity index (χ0) is 19.4. The maximum absolute atomic E-state index is 14.2. The van der Waals surface area contributed by atoms with Gasteiger partial charge in [0, 0.05) is 23.9 Å². The van der Waals surface area contributed by atoms with Crippen molar-refractivity contribution in [3.05, 3.63) is 76.9 Å². The number of anilines is 1. The van der Waals surface area contributed by atoms with E-state index in [0.29, 0.717) is 28.4 Å². The Morgan fingerprint density at radius 1 is 1.14 bits per heavy atom. The monoisotopic (exact) mass is 379 g/mol. The van der Waals surface area contributed by atoms with Gasteiger partial charge in [0.15, 0.2) is 5.78 Å². The van der Waals surface area contributed by atoms with E-state index in [1.54, 1.807) is 23.9 Å². The van der Waals surface area contributed by atoms with Crippen molar-refractivity contribution in [2.75, 3.05) is 11.9 Å². The summed E-state index contributed by atoms with van der Waals surface area (Å²) < 4.78 is 29.3. The molecule has 0 saturated heterocycles. The molecule has 5 rings (SSSR count). The van der Waals surface area contributed by atoms with Crippen LogP contribution in [0.5, 0.6) is 0 Å². The molecule has 140 valence electrons. The molecule has 0 spiro atoms. The molecule has 2 aromatic carbocycles. The lowest BCUT2D eigenvalue weighted by atomic mass is 9.78. The van der Waals surface area contributed by atoms with Crippen molar-refractivity contribution in [3.8, 4) is 0 Å². The van der Waals surface area contributed by atoms with E-state index in [1.165, 1.54) is 30.6 Å². The summed E-state index contributed by atoms with van der Waals surface area (Å²) in [7, 11) is 1.78. The molecule has 28 heavy (non-hydrogen) atoms. The summed E-state index contributed by atoms with van der Waals surface area (Å²) in [5.41, 5.74) is 2.87. The van der Waals surface area contributed by atoms with Crippen molar-refractivity contribution >= 4 is 17.2 Å². The SMILES string of the molecule is Cn1ncnc1C1C2=NCC(=O)c3cc(F)cc(c32)NC1c1ccc(F)cc1. The van der Waals surface area contributed by atoms with Crippen LogP contribution in [0.2, 0.25) is 0 Å². The fourth-order valence-electron chi connectivity index (χ4n) is 4.00. The molecular formula is C20H15F2N5O. The quantitative estimate of drug-likeness (QED) is 0.743. The lowest BCUT2D eigenvalue weighted by molar-refractivity contribution is 0.0999. The Labute approximate surface area is 158 Å². The van der Waals surface area contributed by atoms with Gasteiger partial charge in [-0.3, -0.25) is 14.5 Å². The first-order chi connectivity index (χ1) is 13.5. The smallest absolute Gasteiger partial charge is 0.185 e. The predicted molar refractivity (Wildman–Crippen MR) is 98.6 cm³/mol. The molecule has 1 N–H and O–H groups in total. The Balaban J connectivity index is 1.76. The number of nitrogens with one attached hydrogen (secondary N) is 1. The fraction of sp³-hybridized carbons (Fsp3) is 0.200. The number of hydrogen-bond acceptors (Lipinski definition) is 5. The summed E-state index contributed by atoms with van der Waals surface area (Å²) in [4.78, 5) is 21.3. The van der Waals surface area contributed by atoms with Crippen LogP contribution in [0, 0.1) is 11.6 Å². The minimum absolute atomic E-state index is 0.0459. The highest BCUT2D eigenvalue weighted by molar-refractivity contribution is 6.21. The molecule has 0 bridgehead atoms. The molecule has 1 aromatic heterocycles. The zero-order valence-corrected chi connectivity index (χ0v) is 14.9. The van der Waals surface area contributed by atoms with E-state index in [1.807, 2.05) is 0 Å². The number of rotatable bonds is 2. The molecule has 8 heteroatoms. The van der Waals surface area contributed by atoms with Gasteiger partial charge in [-0.05, 0) is 29.8 Å². The summed E-state index contributed by atoms with van der Waals surface area (Å²) in [5, 5.41) is 7.49. The lowest BCUT2D eigenvalue weighted by Crippen LogP contribution is -2.37. The van der Waals surface area contributed by atoms with Crippen LogP contribution in [-0.2, 0) is 7.05 Å². The number of Topliss-reactive ketones (excluding diaryl/α,β-unsaturated/α-hetero) is 1. The van der Waals surface area contributed by atoms with Gasteiger partial charge >= 0.3 is 0 Å². The molecule has 3 heterocycles. The average Bonchev–Trinajstić information content (AvgIpc) is 3.10. The number of nitrogens with zero attached hydrogens (tertiary/aromatic N) is 4. The molecule has 3 aromatic rings. The van der Waals surface area contributed by atoms with Crippen LogP contribution in [0.25, 0.3) is 0 Å². The Morgan fingerprint density at radius 3 is 2.64 bits per heavy atom. The van der Waals surface area contributed by atoms with Crippen molar-refractivity contribution in [2.24, 2.45) is 12.0 Å². The van der Waals surface area contributed by atoms with Crippen LogP contribution in [0.15, 0.2) is 47.7 Å². The van der Waals surface area contributed by atoms with Crippen LogP contribution in [0.3, 0.4) is 0 Å². The first-order valence-electron chi connectivity index (χ1n) is 8.80. The Kier molecular flexibility index (Phi) is 3.61. The van der Waals surface area contributed by atoms with E-state index in [9.17, 15) is 13.6 Å². The van der Waals surface area contributed by atoms with Gasteiger partial charge in [0.05, 0.1) is 17.7 Å². The molecule has 6 nitrogen and oxygen atoms in total. The second kappa shape index (κ2) is 6.05. The molecule has 0 amide bonds. The predicted octanol–water partition coefficient (Wildman–Crippen LogP) is 3.03. The van der Waals surface area contributed by atoms with Gasteiger partial charge in [-0.2, -0.15) is 5.10 Å². The molecule has 2 unspecified atom stereocenters. The third-order valence-corrected chi connectivity index (χ3v) is 5.25. The van der Waals surface area contributed by atoms with Crippen molar-refractivity contribution < 1.29 is 13.6 Å². The number of ketones is 1. The van der Waals surface area contributed by atoms with Crippen LogP contribution in [0.4, 0.5) is 14.5 Å². The molecule has 0 radical (unpaired) electrons. The van der Waals surface area contributed by atoms with Crippen LogP contribution in [-0.4, -0.2) is 32.8 Å². The van der Waals surface area contributed by atoms with Gasteiger partial charge in [0.1, 0.15) is 30.3 Å². The van der Waals surface area contributed by atoms with Gasteiger partial charge in [-0.1, -0.05) is 12.1 Å². The summed E-state index contributed by atoms with van der Waals surface area (Å²) in [5.74, 6) is -0.785. The van der Waals surface area contributed by atoms with Gasteiger partial charge in [-0.25, -0.2) is 13.8 Å². The largest absolute Gasteiger partial charge is 0.376 e. The van der Waals surface area contributed by atoms with Gasteiger partial charge < -0.3 is 5.32 Å². The van der Waals surface area contributed by atoms with Crippen molar-refractivity contribution in [3.63, 3.8) is 0 Å². The number of carbonyl (C=O) groups excluding carboxylic acids is 1. The molecule has 0 saturated carbocycles. The molecule has 2 atom stereocenters. The van der Waals surface area contributed by atoms with Crippen molar-refractivity contribution in [1.82, 2.24) is 14.8 Å². The minimum Gasteiger partial charge on any atom is -0.376 e. The number of hydrogen-bond donors (Lipinski definition) is 1. The molecule has 2 aliphatic rings. The van der Waals surface area contributed by atoms with E-state index in [0.717, 1.165) is 5.56 Å². The van der Waals surface area contributed by atoms with Crippen molar-refractivity contribution in [2.45, 2.75) is 12.0 Å². The normalized spacial score (nSPS) is 20.4. The average molecular weight is 379 g/mol. The van der Waals surface area contributed by atoms with Gasteiger partial charge in [-0.15, -0.1) is 0 Å². The Morgan fingerprint density at radius 2 is 1.93 bits per heavy atom. The van der Waals surface area contributed by atoms with Crippen LogP contribution < -0.4 is 5.32 Å². The van der Waals surface area contributed by atoms with Crippen LogP contribution in [0.1, 0.15) is 39.3 Å². The maximum Gasteiger partial charge on any atom is 0.185 e. The van der Waals surface area contributed by atoms with Crippen molar-refractivity contribution in [1.29, 1.82) is 0 Å². The Hall–Kier alpha value is -3.42. The summed E-state index contributed by atoms with van der Waals surface area (Å²) in [6.07, 6.45) is 1.45. The number of aliphatic imine (C=N–C) groups is 1. The van der Waals surface area contributed by atoms with E-state index in [-0.39, 0.29) is 30.1 Å². The second-order valence-electron chi connectivity index (χ2n) is 6.89. The molecular weight excluding hydrogens is 364 g/mol.